The zero-order valence-electron chi connectivity index (χ0n) is 15.1. The SMILES string of the molecule is CC1CC(NC(=O)c2cccc(S(=O)(=O)N3CCNC(=O)C3)c2)CCN1.Cl. The highest BCUT2D eigenvalue weighted by Gasteiger charge is 2.29. The van der Waals surface area contributed by atoms with Gasteiger partial charge in [-0.1, -0.05) is 6.07 Å². The molecule has 0 aromatic heterocycles. The van der Waals surface area contributed by atoms with E-state index in [0.717, 1.165) is 23.7 Å². The van der Waals surface area contributed by atoms with Crippen molar-refractivity contribution in [2.45, 2.75) is 36.7 Å². The van der Waals surface area contributed by atoms with Crippen LogP contribution >= 0.6 is 12.4 Å². The highest BCUT2D eigenvalue weighted by Crippen LogP contribution is 2.18. The summed E-state index contributed by atoms with van der Waals surface area (Å²) >= 11 is 0. The number of hydrogen-bond acceptors (Lipinski definition) is 5. The fourth-order valence-electron chi connectivity index (χ4n) is 3.30. The largest absolute Gasteiger partial charge is 0.354 e. The molecule has 2 aliphatic rings. The molecule has 2 unspecified atom stereocenters. The highest BCUT2D eigenvalue weighted by molar-refractivity contribution is 7.89. The van der Waals surface area contributed by atoms with Gasteiger partial charge in [0.1, 0.15) is 0 Å². The monoisotopic (exact) mass is 416 g/mol. The van der Waals surface area contributed by atoms with Gasteiger partial charge in [0, 0.05) is 30.7 Å². The van der Waals surface area contributed by atoms with E-state index < -0.39 is 10.0 Å². The van der Waals surface area contributed by atoms with Gasteiger partial charge in [-0.2, -0.15) is 4.31 Å². The molecule has 10 heteroatoms. The number of piperidine rings is 1. The lowest BCUT2D eigenvalue weighted by molar-refractivity contribution is -0.122. The summed E-state index contributed by atoms with van der Waals surface area (Å²) in [6.07, 6.45) is 1.68. The van der Waals surface area contributed by atoms with Gasteiger partial charge < -0.3 is 16.0 Å². The zero-order chi connectivity index (χ0) is 18.7. The summed E-state index contributed by atoms with van der Waals surface area (Å²) in [6, 6.07) is 6.39. The Labute approximate surface area is 165 Å². The van der Waals surface area contributed by atoms with Crippen LogP contribution in [0, 0.1) is 0 Å². The van der Waals surface area contributed by atoms with Gasteiger partial charge in [-0.05, 0) is 44.5 Å². The molecule has 8 nitrogen and oxygen atoms in total. The number of halogens is 1. The Morgan fingerprint density at radius 1 is 1.30 bits per heavy atom. The first-order valence-electron chi connectivity index (χ1n) is 8.77. The third kappa shape index (κ3) is 5.19. The molecule has 150 valence electrons. The lowest BCUT2D eigenvalue weighted by Crippen LogP contribution is -2.49. The number of piperazine rings is 1. The second-order valence-corrected chi connectivity index (χ2v) is 8.70. The Balaban J connectivity index is 0.00000261. The lowest BCUT2D eigenvalue weighted by Gasteiger charge is -2.28. The number of sulfonamides is 1. The molecule has 2 heterocycles. The van der Waals surface area contributed by atoms with Crippen molar-refractivity contribution in [3.63, 3.8) is 0 Å². The molecule has 0 bridgehead atoms. The molecule has 2 aliphatic heterocycles. The van der Waals surface area contributed by atoms with Crippen LogP contribution in [0.2, 0.25) is 0 Å². The van der Waals surface area contributed by atoms with Crippen LogP contribution in [-0.2, 0) is 14.8 Å². The predicted molar refractivity (Wildman–Crippen MR) is 103 cm³/mol. The van der Waals surface area contributed by atoms with Gasteiger partial charge in [-0.3, -0.25) is 9.59 Å². The molecule has 0 aliphatic carbocycles. The van der Waals surface area contributed by atoms with Crippen LogP contribution in [0.5, 0.6) is 0 Å². The van der Waals surface area contributed by atoms with Crippen molar-refractivity contribution in [2.24, 2.45) is 0 Å². The van der Waals surface area contributed by atoms with Crippen molar-refractivity contribution in [3.05, 3.63) is 29.8 Å². The third-order valence-corrected chi connectivity index (χ3v) is 6.54. The summed E-state index contributed by atoms with van der Waals surface area (Å²) < 4.78 is 26.6. The minimum atomic E-state index is -3.81. The van der Waals surface area contributed by atoms with E-state index in [-0.39, 0.29) is 54.8 Å². The molecule has 2 fully saturated rings. The van der Waals surface area contributed by atoms with E-state index >= 15 is 0 Å². The molecular formula is C17H25ClN4O4S. The van der Waals surface area contributed by atoms with Crippen LogP contribution in [0.4, 0.5) is 0 Å². The first-order valence-corrected chi connectivity index (χ1v) is 10.2. The van der Waals surface area contributed by atoms with E-state index in [0.29, 0.717) is 11.6 Å². The van der Waals surface area contributed by atoms with E-state index in [9.17, 15) is 18.0 Å². The van der Waals surface area contributed by atoms with Crippen molar-refractivity contribution in [2.75, 3.05) is 26.2 Å². The molecule has 0 radical (unpaired) electrons. The fraction of sp³-hybridized carbons (Fsp3) is 0.529. The maximum Gasteiger partial charge on any atom is 0.251 e. The first kappa shape index (κ1) is 21.6. The quantitative estimate of drug-likeness (QED) is 0.645. The number of carbonyl (C=O) groups is 2. The number of hydrogen-bond donors (Lipinski definition) is 3. The standard InChI is InChI=1S/C17H24N4O4S.ClH/c1-12-9-14(5-6-18-12)20-17(23)13-3-2-4-15(10-13)26(24,25)21-8-7-19-16(22)11-21;/h2-4,10,12,14,18H,5-9,11H2,1H3,(H,19,22)(H,20,23);1H. The second kappa shape index (κ2) is 9.01. The number of nitrogens with zero attached hydrogens (tertiary/aromatic N) is 1. The van der Waals surface area contributed by atoms with Crippen molar-refractivity contribution in [3.8, 4) is 0 Å². The van der Waals surface area contributed by atoms with E-state index in [2.05, 4.69) is 22.9 Å². The van der Waals surface area contributed by atoms with Crippen LogP contribution in [0.25, 0.3) is 0 Å². The van der Waals surface area contributed by atoms with Crippen molar-refractivity contribution < 1.29 is 18.0 Å². The van der Waals surface area contributed by atoms with E-state index in [1.807, 2.05) is 0 Å². The van der Waals surface area contributed by atoms with Gasteiger partial charge in [0.2, 0.25) is 15.9 Å². The normalized spacial score (nSPS) is 23.8. The summed E-state index contributed by atoms with van der Waals surface area (Å²) in [5, 5.41) is 8.90. The number of amides is 2. The molecular weight excluding hydrogens is 392 g/mol. The molecule has 2 amide bonds. The average Bonchev–Trinajstić information content (AvgIpc) is 2.62. The maximum atomic E-state index is 12.7. The highest BCUT2D eigenvalue weighted by atomic mass is 35.5. The van der Waals surface area contributed by atoms with Gasteiger partial charge in [0.05, 0.1) is 11.4 Å². The molecule has 1 aromatic rings. The van der Waals surface area contributed by atoms with E-state index in [1.165, 1.54) is 12.1 Å². The summed E-state index contributed by atoms with van der Waals surface area (Å²) in [5.41, 5.74) is 0.304. The van der Waals surface area contributed by atoms with Gasteiger partial charge in [0.25, 0.3) is 5.91 Å². The minimum absolute atomic E-state index is 0. The molecule has 27 heavy (non-hydrogen) atoms. The van der Waals surface area contributed by atoms with Gasteiger partial charge in [-0.25, -0.2) is 8.42 Å². The summed E-state index contributed by atoms with van der Waals surface area (Å²) in [6.45, 7) is 3.22. The van der Waals surface area contributed by atoms with Crippen LogP contribution in [0.15, 0.2) is 29.2 Å². The Kier molecular flexibility index (Phi) is 7.21. The predicted octanol–water partition coefficient (Wildman–Crippen LogP) is 0.0992. The summed E-state index contributed by atoms with van der Waals surface area (Å²) in [4.78, 5) is 24.0. The zero-order valence-corrected chi connectivity index (χ0v) is 16.7. The Morgan fingerprint density at radius 2 is 2.07 bits per heavy atom. The van der Waals surface area contributed by atoms with Crippen LogP contribution in [0.3, 0.4) is 0 Å². The molecule has 0 spiro atoms. The fourth-order valence-corrected chi connectivity index (χ4v) is 4.74. The van der Waals surface area contributed by atoms with Crippen LogP contribution in [0.1, 0.15) is 30.1 Å². The Hall–Kier alpha value is -1.68. The van der Waals surface area contributed by atoms with Crippen LogP contribution in [-0.4, -0.2) is 62.8 Å². The molecule has 1 aromatic carbocycles. The van der Waals surface area contributed by atoms with Gasteiger partial charge in [0.15, 0.2) is 0 Å². The van der Waals surface area contributed by atoms with Gasteiger partial charge in [-0.15, -0.1) is 12.4 Å². The van der Waals surface area contributed by atoms with Crippen molar-refractivity contribution in [1.29, 1.82) is 0 Å². The van der Waals surface area contributed by atoms with E-state index in [1.54, 1.807) is 12.1 Å². The number of nitrogens with one attached hydrogen (secondary N) is 3. The lowest BCUT2D eigenvalue weighted by atomic mass is 10.0. The van der Waals surface area contributed by atoms with Crippen LogP contribution < -0.4 is 16.0 Å². The summed E-state index contributed by atoms with van der Waals surface area (Å²) in [7, 11) is -3.81. The van der Waals surface area contributed by atoms with Gasteiger partial charge >= 0.3 is 0 Å². The molecule has 2 atom stereocenters. The van der Waals surface area contributed by atoms with E-state index in [4.69, 9.17) is 0 Å². The average molecular weight is 417 g/mol. The molecule has 0 saturated carbocycles. The minimum Gasteiger partial charge on any atom is -0.354 e. The Bertz CT molecular complexity index is 802. The molecule has 3 N–H and O–H groups in total. The number of carbonyl (C=O) groups excluding carboxylic acids is 2. The smallest absolute Gasteiger partial charge is 0.251 e. The molecule has 2 saturated heterocycles. The summed E-state index contributed by atoms with van der Waals surface area (Å²) in [5.74, 6) is -0.605. The third-order valence-electron chi connectivity index (χ3n) is 4.70. The molecule has 3 rings (SSSR count). The van der Waals surface area contributed by atoms with Crippen molar-refractivity contribution in [1.82, 2.24) is 20.3 Å². The number of rotatable bonds is 4. The first-order chi connectivity index (χ1) is 12.4. The topological polar surface area (TPSA) is 108 Å². The number of benzene rings is 1. The Morgan fingerprint density at radius 3 is 2.78 bits per heavy atom. The van der Waals surface area contributed by atoms with Crippen molar-refractivity contribution >= 4 is 34.2 Å². The second-order valence-electron chi connectivity index (χ2n) is 6.77. The maximum absolute atomic E-state index is 12.7.